The molecule has 0 spiro atoms. The molecule has 0 atom stereocenters. The highest BCUT2D eigenvalue weighted by Gasteiger charge is 2.28. The molecule has 2 aromatic heterocycles. The van der Waals surface area contributed by atoms with Crippen molar-refractivity contribution in [1.82, 2.24) is 0 Å². The number of carbonyl (C=O) groups is 2. The van der Waals surface area contributed by atoms with E-state index >= 15 is 8.78 Å². The zero-order valence-corrected chi connectivity index (χ0v) is 26.5. The number of hydrogen-bond acceptors (Lipinski definition) is 2. The number of rotatable bonds is 7. The Balaban J connectivity index is 1.43. The summed E-state index contributed by atoms with van der Waals surface area (Å²) in [6, 6.07) is 38.7. The SMILES string of the molecule is O=C(O)c1ccc(C[n+]2c3ccccc3c(-c3c4ccccc4[n+](Cc4ccc(C(=O)O)cc4)c4cc(F)ccc34)c3ccc(F)cc32)cc1. The molecule has 6 aromatic carbocycles. The molecule has 0 bridgehead atoms. The smallest absolute Gasteiger partial charge is 0.335 e. The van der Waals surface area contributed by atoms with Crippen LogP contribution < -0.4 is 9.13 Å². The fourth-order valence-electron chi connectivity index (χ4n) is 7.02. The number of fused-ring (bicyclic) bond motifs is 4. The number of para-hydroxylation sites is 2. The molecule has 0 aliphatic rings. The Labute approximate surface area is 284 Å². The maximum absolute atomic E-state index is 15.2. The summed E-state index contributed by atoms with van der Waals surface area (Å²) in [5.74, 6) is -2.81. The van der Waals surface area contributed by atoms with Crippen LogP contribution >= 0.6 is 0 Å². The van der Waals surface area contributed by atoms with E-state index < -0.39 is 23.6 Å². The molecule has 0 aliphatic heterocycles. The van der Waals surface area contributed by atoms with Crippen LogP contribution in [0.4, 0.5) is 8.78 Å². The van der Waals surface area contributed by atoms with Gasteiger partial charge in [0.1, 0.15) is 11.6 Å². The number of benzene rings is 6. The van der Waals surface area contributed by atoms with Crippen molar-refractivity contribution < 1.29 is 37.7 Å². The van der Waals surface area contributed by atoms with Crippen LogP contribution in [0.2, 0.25) is 0 Å². The third-order valence-corrected chi connectivity index (χ3v) is 9.30. The molecule has 50 heavy (non-hydrogen) atoms. The van der Waals surface area contributed by atoms with Crippen molar-refractivity contribution in [2.75, 3.05) is 0 Å². The third-order valence-electron chi connectivity index (χ3n) is 9.30. The zero-order valence-electron chi connectivity index (χ0n) is 26.5. The van der Waals surface area contributed by atoms with Gasteiger partial charge in [-0.25, -0.2) is 18.4 Å². The molecule has 8 rings (SSSR count). The fourth-order valence-corrected chi connectivity index (χ4v) is 7.02. The normalized spacial score (nSPS) is 11.5. The molecule has 0 unspecified atom stereocenters. The Morgan fingerprint density at radius 3 is 1.20 bits per heavy atom. The first-order valence-electron chi connectivity index (χ1n) is 16.0. The van der Waals surface area contributed by atoms with Gasteiger partial charge in [-0.3, -0.25) is 0 Å². The molecule has 0 amide bonds. The van der Waals surface area contributed by atoms with Gasteiger partial charge >= 0.3 is 11.9 Å². The van der Waals surface area contributed by atoms with Crippen molar-refractivity contribution in [3.8, 4) is 11.1 Å². The summed E-state index contributed by atoms with van der Waals surface area (Å²) >= 11 is 0. The van der Waals surface area contributed by atoms with E-state index in [0.717, 1.165) is 54.8 Å². The first-order chi connectivity index (χ1) is 24.3. The lowest BCUT2D eigenvalue weighted by atomic mass is 9.89. The standard InChI is InChI=1S/C42H26F2N2O4/c43-29-17-19-33-37(21-29)45(23-25-9-13-27(14-10-25)41(47)48)35-7-3-1-5-31(35)39(33)40-32-6-2-4-8-36(32)46(38-22-30(44)18-20-34(38)40)24-26-11-15-28(16-12-26)42(49)50/h1-22H,23-24H2/p+2. The van der Waals surface area contributed by atoms with E-state index in [4.69, 9.17) is 0 Å². The Morgan fingerprint density at radius 2 is 0.820 bits per heavy atom. The Morgan fingerprint density at radius 1 is 0.460 bits per heavy atom. The van der Waals surface area contributed by atoms with E-state index in [1.165, 1.54) is 24.3 Å². The lowest BCUT2D eigenvalue weighted by molar-refractivity contribution is -0.636. The molecule has 8 heteroatoms. The molecular weight excluding hydrogens is 634 g/mol. The van der Waals surface area contributed by atoms with Crippen LogP contribution in [0.3, 0.4) is 0 Å². The lowest BCUT2D eigenvalue weighted by Crippen LogP contribution is -2.37. The molecule has 242 valence electrons. The van der Waals surface area contributed by atoms with E-state index in [9.17, 15) is 19.8 Å². The van der Waals surface area contributed by atoms with Gasteiger partial charge in [-0.1, -0.05) is 48.5 Å². The number of aromatic nitrogens is 2. The van der Waals surface area contributed by atoms with Gasteiger partial charge in [-0.05, 0) is 60.7 Å². The number of carboxylic acid groups (broad SMARTS) is 2. The van der Waals surface area contributed by atoms with E-state index in [1.807, 2.05) is 57.7 Å². The Hall–Kier alpha value is -6.54. The number of hydrogen-bond donors (Lipinski definition) is 2. The van der Waals surface area contributed by atoms with Crippen LogP contribution in [0.1, 0.15) is 31.8 Å². The van der Waals surface area contributed by atoms with Gasteiger partial charge in [0.15, 0.2) is 13.1 Å². The summed E-state index contributed by atoms with van der Waals surface area (Å²) in [6.45, 7) is 0.728. The maximum Gasteiger partial charge on any atom is 0.335 e. The Bertz CT molecular complexity index is 2490. The minimum absolute atomic E-state index is 0.184. The van der Waals surface area contributed by atoms with Crippen LogP contribution in [0.25, 0.3) is 54.7 Å². The number of pyridine rings is 2. The van der Waals surface area contributed by atoms with E-state index in [2.05, 4.69) is 0 Å². The largest absolute Gasteiger partial charge is 0.478 e. The van der Waals surface area contributed by atoms with E-state index in [-0.39, 0.29) is 11.1 Å². The van der Waals surface area contributed by atoms with Crippen molar-refractivity contribution in [3.63, 3.8) is 0 Å². The molecule has 8 aromatic rings. The zero-order chi connectivity index (χ0) is 34.5. The summed E-state index contributed by atoms with van der Waals surface area (Å²) < 4.78 is 34.4. The first kappa shape index (κ1) is 30.8. The molecule has 6 nitrogen and oxygen atoms in total. The van der Waals surface area contributed by atoms with Gasteiger partial charge in [0.2, 0.25) is 22.1 Å². The molecule has 0 saturated carbocycles. The second-order valence-corrected chi connectivity index (χ2v) is 12.3. The molecule has 0 aliphatic carbocycles. The highest BCUT2D eigenvalue weighted by molar-refractivity contribution is 6.18. The number of carboxylic acids is 2. The lowest BCUT2D eigenvalue weighted by Gasteiger charge is -2.17. The molecule has 0 fully saturated rings. The van der Waals surface area contributed by atoms with Gasteiger partial charge in [0, 0.05) is 46.5 Å². The van der Waals surface area contributed by atoms with Crippen molar-refractivity contribution in [3.05, 3.63) is 167 Å². The van der Waals surface area contributed by atoms with E-state index in [1.54, 1.807) is 60.7 Å². The average Bonchev–Trinajstić information content (AvgIpc) is 3.12. The predicted octanol–water partition coefficient (Wildman–Crippen LogP) is 8.31. The minimum atomic E-state index is -1.01. The van der Waals surface area contributed by atoms with Crippen LogP contribution in [0, 0.1) is 11.6 Å². The summed E-state index contributed by atoms with van der Waals surface area (Å²) in [5.41, 5.74) is 6.81. The van der Waals surface area contributed by atoms with Gasteiger partial charge in [0.25, 0.3) is 0 Å². The van der Waals surface area contributed by atoms with Crippen molar-refractivity contribution in [1.29, 1.82) is 0 Å². The number of halogens is 2. The molecular formula is C42H28F2N2O4+2. The average molecular weight is 663 g/mol. The van der Waals surface area contributed by atoms with E-state index in [0.29, 0.717) is 24.1 Å². The molecule has 0 saturated heterocycles. The highest BCUT2D eigenvalue weighted by atomic mass is 19.1. The van der Waals surface area contributed by atoms with Crippen molar-refractivity contribution >= 4 is 55.6 Å². The van der Waals surface area contributed by atoms with Crippen LogP contribution in [0.15, 0.2) is 133 Å². The molecule has 2 N–H and O–H groups in total. The van der Waals surface area contributed by atoms with Gasteiger partial charge in [0.05, 0.1) is 32.7 Å². The topological polar surface area (TPSA) is 82.4 Å². The number of nitrogens with zero attached hydrogens (tertiary/aromatic N) is 2. The van der Waals surface area contributed by atoms with Crippen LogP contribution in [0.5, 0.6) is 0 Å². The van der Waals surface area contributed by atoms with Crippen LogP contribution in [-0.4, -0.2) is 22.2 Å². The van der Waals surface area contributed by atoms with Crippen molar-refractivity contribution in [2.24, 2.45) is 0 Å². The number of aromatic carboxylic acids is 2. The van der Waals surface area contributed by atoms with Crippen molar-refractivity contribution in [2.45, 2.75) is 13.1 Å². The first-order valence-corrected chi connectivity index (χ1v) is 16.0. The second-order valence-electron chi connectivity index (χ2n) is 12.3. The monoisotopic (exact) mass is 662 g/mol. The second kappa shape index (κ2) is 12.2. The summed E-state index contributed by atoms with van der Waals surface area (Å²) in [4.78, 5) is 23.0. The Kier molecular flexibility index (Phi) is 7.49. The van der Waals surface area contributed by atoms with Gasteiger partial charge in [-0.15, -0.1) is 0 Å². The predicted molar refractivity (Wildman–Crippen MR) is 187 cm³/mol. The third kappa shape index (κ3) is 5.27. The summed E-state index contributed by atoms with van der Waals surface area (Å²) in [6.07, 6.45) is 0. The maximum atomic E-state index is 15.2. The summed E-state index contributed by atoms with van der Waals surface area (Å²) in [5, 5.41) is 22.2. The quantitative estimate of drug-likeness (QED) is 0.133. The van der Waals surface area contributed by atoms with Gasteiger partial charge < -0.3 is 10.2 Å². The molecule has 2 heterocycles. The van der Waals surface area contributed by atoms with Crippen LogP contribution in [-0.2, 0) is 13.1 Å². The fraction of sp³-hybridized carbons (Fsp3) is 0.0476. The minimum Gasteiger partial charge on any atom is -0.478 e. The highest BCUT2D eigenvalue weighted by Crippen LogP contribution is 2.41. The van der Waals surface area contributed by atoms with Gasteiger partial charge in [-0.2, -0.15) is 9.13 Å². The molecule has 0 radical (unpaired) electrons. The summed E-state index contributed by atoms with van der Waals surface area (Å²) in [7, 11) is 0.